The highest BCUT2D eigenvalue weighted by molar-refractivity contribution is 5.76. The van der Waals surface area contributed by atoms with E-state index in [1.807, 2.05) is 45.0 Å². The molecule has 27 heavy (non-hydrogen) atoms. The summed E-state index contributed by atoms with van der Waals surface area (Å²) in [5.74, 6) is 0.254. The van der Waals surface area contributed by atoms with Gasteiger partial charge in [-0.3, -0.25) is 4.79 Å². The largest absolute Gasteiger partial charge is 0.490 e. The zero-order valence-corrected chi connectivity index (χ0v) is 16.3. The Kier molecular flexibility index (Phi) is 5.80. The molecule has 5 heteroatoms. The molecule has 2 aromatic rings. The van der Waals surface area contributed by atoms with Crippen LogP contribution >= 0.6 is 0 Å². The number of hydrogen-bond donors (Lipinski definition) is 1. The van der Waals surface area contributed by atoms with Crippen LogP contribution in [-0.4, -0.2) is 18.6 Å². The number of nitrogens with one attached hydrogen (secondary N) is 1. The van der Waals surface area contributed by atoms with Gasteiger partial charge in [-0.1, -0.05) is 12.1 Å². The summed E-state index contributed by atoms with van der Waals surface area (Å²) < 4.78 is 25.7. The minimum atomic E-state index is -0.372. The lowest BCUT2D eigenvalue weighted by Gasteiger charge is -2.24. The summed E-state index contributed by atoms with van der Waals surface area (Å²) in [6, 6.07) is 9.12. The van der Waals surface area contributed by atoms with Crippen LogP contribution in [0.5, 0.6) is 5.75 Å². The Labute approximate surface area is 159 Å². The maximum absolute atomic E-state index is 14.3. The van der Waals surface area contributed by atoms with E-state index >= 15 is 0 Å². The molecule has 0 saturated heterocycles. The fourth-order valence-corrected chi connectivity index (χ4v) is 3.50. The molecule has 0 amide bonds. The highest BCUT2D eigenvalue weighted by Gasteiger charge is 2.21. The van der Waals surface area contributed by atoms with Gasteiger partial charge in [0.15, 0.2) is 0 Å². The second kappa shape index (κ2) is 8.09. The first kappa shape index (κ1) is 19.4. The lowest BCUT2D eigenvalue weighted by molar-refractivity contribution is -0.145. The van der Waals surface area contributed by atoms with E-state index in [0.717, 1.165) is 40.1 Å². The number of hydrogen-bond acceptors (Lipinski definition) is 4. The second-order valence-electron chi connectivity index (χ2n) is 7.15. The number of carbonyl (C=O) groups is 1. The van der Waals surface area contributed by atoms with Crippen LogP contribution in [-0.2, 0) is 22.5 Å². The maximum atomic E-state index is 14.3. The molecule has 3 rings (SSSR count). The van der Waals surface area contributed by atoms with Crippen molar-refractivity contribution in [2.75, 3.05) is 6.54 Å². The average molecular weight is 371 g/mol. The van der Waals surface area contributed by atoms with E-state index in [9.17, 15) is 9.18 Å². The zero-order valence-electron chi connectivity index (χ0n) is 16.3. The predicted octanol–water partition coefficient (Wildman–Crippen LogP) is 4.55. The summed E-state index contributed by atoms with van der Waals surface area (Å²) in [6.45, 7) is 8.57. The van der Waals surface area contributed by atoms with Gasteiger partial charge in [0.1, 0.15) is 17.7 Å². The van der Waals surface area contributed by atoms with Gasteiger partial charge in [0, 0.05) is 19.0 Å². The molecule has 0 aliphatic carbocycles. The molecule has 0 fully saturated rings. The molecule has 1 unspecified atom stereocenters. The molecule has 144 valence electrons. The van der Waals surface area contributed by atoms with Crippen molar-refractivity contribution in [2.24, 2.45) is 0 Å². The van der Waals surface area contributed by atoms with E-state index in [1.54, 1.807) is 0 Å². The number of rotatable bonds is 5. The van der Waals surface area contributed by atoms with Gasteiger partial charge in [0.2, 0.25) is 0 Å². The smallest absolute Gasteiger partial charge is 0.303 e. The summed E-state index contributed by atoms with van der Waals surface area (Å²) in [7, 11) is 0. The fraction of sp³-hybridized carbons (Fsp3) is 0.409. The molecule has 1 heterocycles. The molecule has 1 aliphatic heterocycles. The third-order valence-corrected chi connectivity index (χ3v) is 4.70. The van der Waals surface area contributed by atoms with Gasteiger partial charge in [-0.15, -0.1) is 0 Å². The monoisotopic (exact) mass is 371 g/mol. The second-order valence-corrected chi connectivity index (χ2v) is 7.15. The van der Waals surface area contributed by atoms with Crippen molar-refractivity contribution in [2.45, 2.75) is 52.9 Å². The predicted molar refractivity (Wildman–Crippen MR) is 103 cm³/mol. The quantitative estimate of drug-likeness (QED) is 0.784. The van der Waals surface area contributed by atoms with E-state index in [0.29, 0.717) is 13.0 Å². The van der Waals surface area contributed by atoms with Crippen LogP contribution in [0.1, 0.15) is 50.5 Å². The van der Waals surface area contributed by atoms with E-state index in [2.05, 4.69) is 5.32 Å². The summed E-state index contributed by atoms with van der Waals surface area (Å²) >= 11 is 0. The number of ether oxygens (including phenoxy) is 2. The lowest BCUT2D eigenvalue weighted by Crippen LogP contribution is -2.25. The van der Waals surface area contributed by atoms with Crippen LogP contribution in [0.15, 0.2) is 30.3 Å². The maximum Gasteiger partial charge on any atom is 0.303 e. The van der Waals surface area contributed by atoms with Gasteiger partial charge < -0.3 is 14.8 Å². The summed E-state index contributed by atoms with van der Waals surface area (Å²) in [5, 5.41) is 3.33. The van der Waals surface area contributed by atoms with E-state index in [-0.39, 0.29) is 24.0 Å². The molecule has 4 nitrogen and oxygen atoms in total. The van der Waals surface area contributed by atoms with Crippen molar-refractivity contribution in [3.05, 3.63) is 52.8 Å². The molecule has 0 bridgehead atoms. The molecular formula is C22H26FNO3. The Hall–Kier alpha value is -2.40. The number of esters is 1. The van der Waals surface area contributed by atoms with Crippen LogP contribution in [0.25, 0.3) is 11.1 Å². The van der Waals surface area contributed by atoms with Crippen molar-refractivity contribution in [1.82, 2.24) is 5.32 Å². The first-order valence-electron chi connectivity index (χ1n) is 9.36. The molecule has 0 spiro atoms. The van der Waals surface area contributed by atoms with E-state index in [4.69, 9.17) is 9.47 Å². The highest BCUT2D eigenvalue weighted by atomic mass is 19.1. The topological polar surface area (TPSA) is 47.6 Å². The molecule has 1 atom stereocenters. The normalized spacial score (nSPS) is 14.6. The van der Waals surface area contributed by atoms with Crippen molar-refractivity contribution < 1.29 is 18.7 Å². The molecule has 1 aliphatic rings. The molecule has 0 radical (unpaired) electrons. The molecule has 1 N–H and O–H groups in total. The Balaban J connectivity index is 2.13. The minimum Gasteiger partial charge on any atom is -0.490 e. The standard InChI is InChI=1S/C22H26FNO3/c1-13(2)26-22-8-5-16(14(3)27-15(4)25)11-19(22)17-6-7-21(23)18-9-10-24-12-20(17)18/h5-8,11,13-14,24H,9-10,12H2,1-4H3. The van der Waals surface area contributed by atoms with Gasteiger partial charge >= 0.3 is 5.97 Å². The number of halogens is 1. The summed E-state index contributed by atoms with van der Waals surface area (Å²) in [4.78, 5) is 11.3. The summed E-state index contributed by atoms with van der Waals surface area (Å²) in [5.41, 5.74) is 4.44. The lowest BCUT2D eigenvalue weighted by atomic mass is 9.90. The van der Waals surface area contributed by atoms with E-state index in [1.165, 1.54) is 13.0 Å². The number of fused-ring (bicyclic) bond motifs is 1. The SMILES string of the molecule is CC(=O)OC(C)c1ccc(OC(C)C)c(-c2ccc(F)c3c2CNCC3)c1. The van der Waals surface area contributed by atoms with Crippen LogP contribution in [0.3, 0.4) is 0 Å². The average Bonchev–Trinajstić information content (AvgIpc) is 2.62. The first-order chi connectivity index (χ1) is 12.9. The van der Waals surface area contributed by atoms with Crippen LogP contribution in [0, 0.1) is 5.82 Å². The number of carbonyl (C=O) groups excluding carboxylic acids is 1. The Morgan fingerprint density at radius 2 is 1.89 bits per heavy atom. The zero-order chi connectivity index (χ0) is 19.6. The van der Waals surface area contributed by atoms with Gasteiger partial charge in [0.05, 0.1) is 6.10 Å². The van der Waals surface area contributed by atoms with Gasteiger partial charge in [-0.2, -0.15) is 0 Å². The first-order valence-corrected chi connectivity index (χ1v) is 9.36. The van der Waals surface area contributed by atoms with Crippen molar-refractivity contribution in [3.63, 3.8) is 0 Å². The van der Waals surface area contributed by atoms with Crippen LogP contribution < -0.4 is 10.1 Å². The van der Waals surface area contributed by atoms with Gasteiger partial charge in [-0.05, 0) is 74.2 Å². The van der Waals surface area contributed by atoms with Crippen molar-refractivity contribution >= 4 is 5.97 Å². The molecule has 0 saturated carbocycles. The molecule has 0 aromatic heterocycles. The van der Waals surface area contributed by atoms with Gasteiger partial charge in [-0.25, -0.2) is 4.39 Å². The van der Waals surface area contributed by atoms with Crippen LogP contribution in [0.2, 0.25) is 0 Å². The Morgan fingerprint density at radius 3 is 2.59 bits per heavy atom. The van der Waals surface area contributed by atoms with Crippen molar-refractivity contribution in [3.8, 4) is 16.9 Å². The highest BCUT2D eigenvalue weighted by Crippen LogP contribution is 2.38. The van der Waals surface area contributed by atoms with Gasteiger partial charge in [0.25, 0.3) is 0 Å². The summed E-state index contributed by atoms with van der Waals surface area (Å²) in [6.07, 6.45) is 0.303. The van der Waals surface area contributed by atoms with Crippen molar-refractivity contribution in [1.29, 1.82) is 0 Å². The third-order valence-electron chi connectivity index (χ3n) is 4.70. The third kappa shape index (κ3) is 4.30. The van der Waals surface area contributed by atoms with Crippen LogP contribution in [0.4, 0.5) is 4.39 Å². The number of benzene rings is 2. The minimum absolute atomic E-state index is 0.00916. The Morgan fingerprint density at radius 1 is 1.11 bits per heavy atom. The molecule has 2 aromatic carbocycles. The fourth-order valence-electron chi connectivity index (χ4n) is 3.50. The van der Waals surface area contributed by atoms with E-state index < -0.39 is 0 Å². The molecular weight excluding hydrogens is 345 g/mol. The Bertz CT molecular complexity index is 848.